The molecule has 2 heteroatoms. The maximum absolute atomic E-state index is 9.11. The number of phenols is 1. The van der Waals surface area contributed by atoms with Crippen molar-refractivity contribution in [1.29, 1.82) is 0 Å². The van der Waals surface area contributed by atoms with Gasteiger partial charge in [-0.25, -0.2) is 0 Å². The second-order valence-electron chi connectivity index (χ2n) is 3.28. The normalized spacial score (nSPS) is 9.93. The zero-order valence-electron chi connectivity index (χ0n) is 8.73. The van der Waals surface area contributed by atoms with Crippen LogP contribution in [0.3, 0.4) is 0 Å². The summed E-state index contributed by atoms with van der Waals surface area (Å²) in [6, 6.07) is 6.70. The Labute approximate surface area is 90.5 Å². The molecule has 0 heterocycles. The maximum Gasteiger partial charge on any atom is 0.120 e. The molecule has 0 bridgehead atoms. The summed E-state index contributed by atoms with van der Waals surface area (Å²) in [5, 5.41) is 9.11. The Hall–Kier alpha value is -1.70. The van der Waals surface area contributed by atoms with Crippen LogP contribution in [-0.2, 0) is 0 Å². The van der Waals surface area contributed by atoms with Crippen LogP contribution < -0.4 is 4.74 Å². The standard InChI is InChI=1S/C13H16O2/c1-3-5-12(6-4-2)15-13-9-7-11(14)8-10-13/h3-4,7-10,12,14H,1-2,5-6H2. The Balaban J connectivity index is 2.60. The van der Waals surface area contributed by atoms with Gasteiger partial charge in [0.1, 0.15) is 17.6 Å². The van der Waals surface area contributed by atoms with Crippen LogP contribution in [-0.4, -0.2) is 11.2 Å². The van der Waals surface area contributed by atoms with Gasteiger partial charge in [-0.1, -0.05) is 12.2 Å². The van der Waals surface area contributed by atoms with E-state index in [1.165, 1.54) is 0 Å². The monoisotopic (exact) mass is 204 g/mol. The zero-order valence-corrected chi connectivity index (χ0v) is 8.73. The summed E-state index contributed by atoms with van der Waals surface area (Å²) < 4.78 is 5.70. The second-order valence-corrected chi connectivity index (χ2v) is 3.28. The third-order valence-corrected chi connectivity index (χ3v) is 2.00. The first-order valence-corrected chi connectivity index (χ1v) is 4.93. The van der Waals surface area contributed by atoms with Gasteiger partial charge in [0.2, 0.25) is 0 Å². The summed E-state index contributed by atoms with van der Waals surface area (Å²) in [6.45, 7) is 7.37. The highest BCUT2D eigenvalue weighted by Gasteiger charge is 2.06. The van der Waals surface area contributed by atoms with Gasteiger partial charge in [-0.3, -0.25) is 0 Å². The lowest BCUT2D eigenvalue weighted by molar-refractivity contribution is 0.208. The molecular formula is C13H16O2. The van der Waals surface area contributed by atoms with Crippen molar-refractivity contribution >= 4 is 0 Å². The molecular weight excluding hydrogens is 188 g/mol. The average molecular weight is 204 g/mol. The van der Waals surface area contributed by atoms with E-state index in [9.17, 15) is 0 Å². The van der Waals surface area contributed by atoms with Crippen molar-refractivity contribution in [2.24, 2.45) is 0 Å². The third-order valence-electron chi connectivity index (χ3n) is 2.00. The Morgan fingerprint density at radius 3 is 2.13 bits per heavy atom. The fourth-order valence-electron chi connectivity index (χ4n) is 1.28. The summed E-state index contributed by atoms with van der Waals surface area (Å²) in [6.07, 6.45) is 5.30. The lowest BCUT2D eigenvalue weighted by atomic mass is 10.2. The number of hydrogen-bond acceptors (Lipinski definition) is 2. The van der Waals surface area contributed by atoms with Crippen LogP contribution in [0.15, 0.2) is 49.6 Å². The molecule has 0 aliphatic carbocycles. The van der Waals surface area contributed by atoms with E-state index < -0.39 is 0 Å². The Morgan fingerprint density at radius 2 is 1.67 bits per heavy atom. The van der Waals surface area contributed by atoms with Gasteiger partial charge < -0.3 is 9.84 Å². The van der Waals surface area contributed by atoms with Crippen LogP contribution in [0.25, 0.3) is 0 Å². The first-order valence-electron chi connectivity index (χ1n) is 4.93. The Morgan fingerprint density at radius 1 is 1.13 bits per heavy atom. The van der Waals surface area contributed by atoms with Crippen LogP contribution in [0, 0.1) is 0 Å². The van der Waals surface area contributed by atoms with Gasteiger partial charge in [-0.15, -0.1) is 13.2 Å². The molecule has 1 aromatic carbocycles. The Bertz CT molecular complexity index is 304. The average Bonchev–Trinajstić information content (AvgIpc) is 2.22. The van der Waals surface area contributed by atoms with Crippen LogP contribution in [0.5, 0.6) is 11.5 Å². The molecule has 1 rings (SSSR count). The molecule has 2 nitrogen and oxygen atoms in total. The minimum Gasteiger partial charge on any atom is -0.508 e. The smallest absolute Gasteiger partial charge is 0.120 e. The minimum absolute atomic E-state index is 0.0737. The summed E-state index contributed by atoms with van der Waals surface area (Å²) >= 11 is 0. The number of benzene rings is 1. The predicted octanol–water partition coefficient (Wildman–Crippen LogP) is 3.29. The van der Waals surface area contributed by atoms with E-state index in [4.69, 9.17) is 9.84 Å². The van der Waals surface area contributed by atoms with Crippen molar-refractivity contribution in [3.8, 4) is 11.5 Å². The molecule has 15 heavy (non-hydrogen) atoms. The van der Waals surface area contributed by atoms with Crippen molar-refractivity contribution in [2.45, 2.75) is 18.9 Å². The predicted molar refractivity (Wildman–Crippen MR) is 62.2 cm³/mol. The van der Waals surface area contributed by atoms with E-state index in [-0.39, 0.29) is 11.9 Å². The number of rotatable bonds is 6. The van der Waals surface area contributed by atoms with Crippen molar-refractivity contribution in [1.82, 2.24) is 0 Å². The summed E-state index contributed by atoms with van der Waals surface area (Å²) in [5.41, 5.74) is 0. The third kappa shape index (κ3) is 3.90. The molecule has 0 saturated heterocycles. The molecule has 0 amide bonds. The molecule has 0 unspecified atom stereocenters. The quantitative estimate of drug-likeness (QED) is 0.720. The van der Waals surface area contributed by atoms with E-state index in [0.29, 0.717) is 0 Å². The molecule has 1 aromatic rings. The Kier molecular flexibility index (Phi) is 4.48. The van der Waals surface area contributed by atoms with Gasteiger partial charge in [0.25, 0.3) is 0 Å². The molecule has 0 spiro atoms. The van der Waals surface area contributed by atoms with E-state index in [0.717, 1.165) is 18.6 Å². The first kappa shape index (κ1) is 11.4. The largest absolute Gasteiger partial charge is 0.508 e. The minimum atomic E-state index is 0.0737. The van der Waals surface area contributed by atoms with Crippen molar-refractivity contribution < 1.29 is 9.84 Å². The maximum atomic E-state index is 9.11. The zero-order chi connectivity index (χ0) is 11.1. The highest BCUT2D eigenvalue weighted by molar-refractivity contribution is 5.30. The first-order chi connectivity index (χ1) is 7.26. The van der Waals surface area contributed by atoms with Crippen molar-refractivity contribution in [3.05, 3.63) is 49.6 Å². The second kappa shape index (κ2) is 5.91. The van der Waals surface area contributed by atoms with Crippen LogP contribution >= 0.6 is 0 Å². The van der Waals surface area contributed by atoms with Crippen molar-refractivity contribution in [2.75, 3.05) is 0 Å². The van der Waals surface area contributed by atoms with Crippen LogP contribution in [0.1, 0.15) is 12.8 Å². The molecule has 0 atom stereocenters. The van der Waals surface area contributed by atoms with Gasteiger partial charge in [0, 0.05) is 12.8 Å². The van der Waals surface area contributed by atoms with E-state index in [1.54, 1.807) is 24.3 Å². The van der Waals surface area contributed by atoms with Crippen molar-refractivity contribution in [3.63, 3.8) is 0 Å². The lowest BCUT2D eigenvalue weighted by Crippen LogP contribution is -2.14. The number of phenolic OH excluding ortho intramolecular Hbond substituents is 1. The number of aromatic hydroxyl groups is 1. The topological polar surface area (TPSA) is 29.5 Å². The highest BCUT2D eigenvalue weighted by Crippen LogP contribution is 2.19. The molecule has 0 aromatic heterocycles. The van der Waals surface area contributed by atoms with Gasteiger partial charge in [0.15, 0.2) is 0 Å². The highest BCUT2D eigenvalue weighted by atomic mass is 16.5. The van der Waals surface area contributed by atoms with E-state index in [1.807, 2.05) is 12.2 Å². The molecule has 0 fully saturated rings. The summed E-state index contributed by atoms with van der Waals surface area (Å²) in [5.74, 6) is 0.993. The van der Waals surface area contributed by atoms with E-state index >= 15 is 0 Å². The van der Waals surface area contributed by atoms with Gasteiger partial charge >= 0.3 is 0 Å². The molecule has 80 valence electrons. The number of hydrogen-bond donors (Lipinski definition) is 1. The molecule has 0 aliphatic rings. The fourth-order valence-corrected chi connectivity index (χ4v) is 1.28. The molecule has 1 N–H and O–H groups in total. The fraction of sp³-hybridized carbons (Fsp3) is 0.231. The molecule has 0 aliphatic heterocycles. The van der Waals surface area contributed by atoms with Gasteiger partial charge in [0.05, 0.1) is 0 Å². The van der Waals surface area contributed by atoms with Crippen LogP contribution in [0.4, 0.5) is 0 Å². The number of ether oxygens (including phenoxy) is 1. The van der Waals surface area contributed by atoms with E-state index in [2.05, 4.69) is 13.2 Å². The SMILES string of the molecule is C=CCC(CC=C)Oc1ccc(O)cc1. The van der Waals surface area contributed by atoms with Gasteiger partial charge in [-0.05, 0) is 24.3 Å². The summed E-state index contributed by atoms with van der Waals surface area (Å²) in [7, 11) is 0. The van der Waals surface area contributed by atoms with Gasteiger partial charge in [-0.2, -0.15) is 0 Å². The molecule has 0 radical (unpaired) electrons. The molecule has 0 saturated carbocycles. The van der Waals surface area contributed by atoms with Crippen LogP contribution in [0.2, 0.25) is 0 Å². The summed E-state index contributed by atoms with van der Waals surface area (Å²) in [4.78, 5) is 0. The lowest BCUT2D eigenvalue weighted by Gasteiger charge is -2.15.